The molecule has 2 saturated carbocycles. The molecule has 1 aromatic carbocycles. The van der Waals surface area contributed by atoms with Crippen molar-refractivity contribution in [1.29, 1.82) is 0 Å². The molecule has 0 bridgehead atoms. The molecule has 34 heavy (non-hydrogen) atoms. The maximum atomic E-state index is 13.9. The van der Waals surface area contributed by atoms with Gasteiger partial charge in [-0.1, -0.05) is 64.5 Å². The summed E-state index contributed by atoms with van der Waals surface area (Å²) in [6.45, 7) is 4.74. The summed E-state index contributed by atoms with van der Waals surface area (Å²) in [4.78, 5) is 33.6. The van der Waals surface area contributed by atoms with E-state index in [1.54, 1.807) is 0 Å². The number of fused-ring (bicyclic) bond motifs is 1. The number of imidazole rings is 1. The fourth-order valence-electron chi connectivity index (χ4n) is 6.05. The largest absolute Gasteiger partial charge is 0.349 e. The molecule has 2 fully saturated rings. The maximum Gasteiger partial charge on any atom is 0.243 e. The Balaban J connectivity index is 1.57. The van der Waals surface area contributed by atoms with E-state index in [4.69, 9.17) is 4.98 Å². The quantitative estimate of drug-likeness (QED) is 0.524. The van der Waals surface area contributed by atoms with Crippen molar-refractivity contribution in [2.75, 3.05) is 0 Å². The number of aromatic nitrogens is 2. The van der Waals surface area contributed by atoms with Gasteiger partial charge in [-0.15, -0.1) is 0 Å². The number of para-hydroxylation sites is 2. The van der Waals surface area contributed by atoms with E-state index < -0.39 is 0 Å². The summed E-state index contributed by atoms with van der Waals surface area (Å²) in [7, 11) is 0. The van der Waals surface area contributed by atoms with Gasteiger partial charge in [-0.25, -0.2) is 4.98 Å². The Hall–Kier alpha value is -2.37. The van der Waals surface area contributed by atoms with Crippen molar-refractivity contribution in [2.24, 2.45) is 5.92 Å². The van der Waals surface area contributed by atoms with Crippen LogP contribution in [0.1, 0.15) is 96.7 Å². The van der Waals surface area contributed by atoms with E-state index in [0.29, 0.717) is 25.2 Å². The highest BCUT2D eigenvalue weighted by Crippen LogP contribution is 2.31. The first-order chi connectivity index (χ1) is 16.6. The van der Waals surface area contributed by atoms with E-state index in [-0.39, 0.29) is 17.7 Å². The van der Waals surface area contributed by atoms with Crippen molar-refractivity contribution in [3.05, 3.63) is 30.1 Å². The van der Waals surface area contributed by atoms with Crippen LogP contribution in [0.4, 0.5) is 0 Å². The van der Waals surface area contributed by atoms with E-state index in [9.17, 15) is 9.59 Å². The Morgan fingerprint density at radius 2 is 1.56 bits per heavy atom. The molecule has 0 aliphatic heterocycles. The number of amides is 2. The number of rotatable bonds is 9. The summed E-state index contributed by atoms with van der Waals surface area (Å²) in [6.07, 6.45) is 13.7. The van der Waals surface area contributed by atoms with Gasteiger partial charge in [0.25, 0.3) is 0 Å². The van der Waals surface area contributed by atoms with Gasteiger partial charge in [0, 0.05) is 18.0 Å². The molecule has 0 saturated heterocycles. The van der Waals surface area contributed by atoms with Crippen molar-refractivity contribution >= 4 is 22.8 Å². The van der Waals surface area contributed by atoms with Crippen LogP contribution >= 0.6 is 0 Å². The first-order valence-electron chi connectivity index (χ1n) is 13.6. The fourth-order valence-corrected chi connectivity index (χ4v) is 6.05. The van der Waals surface area contributed by atoms with Gasteiger partial charge in [0.05, 0.1) is 17.6 Å². The molecule has 2 aliphatic carbocycles. The molecule has 2 aliphatic rings. The molecule has 0 unspecified atom stereocenters. The Bertz CT molecular complexity index is 934. The van der Waals surface area contributed by atoms with Crippen molar-refractivity contribution < 1.29 is 9.59 Å². The highest BCUT2D eigenvalue weighted by molar-refractivity contribution is 5.82. The second kappa shape index (κ2) is 11.9. The van der Waals surface area contributed by atoms with Gasteiger partial charge in [0.15, 0.2) is 0 Å². The van der Waals surface area contributed by atoms with Gasteiger partial charge in [-0.2, -0.15) is 0 Å². The molecule has 1 heterocycles. The van der Waals surface area contributed by atoms with Crippen LogP contribution in [0.25, 0.3) is 11.0 Å². The zero-order chi connectivity index (χ0) is 23.9. The summed E-state index contributed by atoms with van der Waals surface area (Å²) in [5, 5.41) is 3.08. The summed E-state index contributed by atoms with van der Waals surface area (Å²) in [6, 6.07) is 8.74. The average Bonchev–Trinajstić information content (AvgIpc) is 3.22. The molecule has 0 radical (unpaired) electrons. The lowest BCUT2D eigenvalue weighted by Gasteiger charge is -2.42. The third-order valence-electron chi connectivity index (χ3n) is 8.03. The molecular formula is C28H42N4O2. The number of carbonyl (C=O) groups is 2. The van der Waals surface area contributed by atoms with Gasteiger partial charge >= 0.3 is 0 Å². The van der Waals surface area contributed by atoms with E-state index in [1.165, 1.54) is 38.5 Å². The van der Waals surface area contributed by atoms with E-state index in [0.717, 1.165) is 55.4 Å². The van der Waals surface area contributed by atoms with Crippen molar-refractivity contribution in [1.82, 2.24) is 19.8 Å². The van der Waals surface area contributed by atoms with Crippen molar-refractivity contribution in [3.8, 4) is 0 Å². The van der Waals surface area contributed by atoms with Crippen LogP contribution < -0.4 is 5.32 Å². The number of nitrogens with zero attached hydrogens (tertiary/aromatic N) is 3. The standard InChI is InChI=1S/C28H42N4O2/c1-3-21(4-2)28(34)29-19-26-30-24-17-11-12-18-25(24)31(26)20-27(33)32(22-13-7-5-8-14-22)23-15-9-6-10-16-23/h11-12,17-18,21-23H,3-10,13-16,19-20H2,1-2H3,(H,29,34). The summed E-state index contributed by atoms with van der Waals surface area (Å²) < 4.78 is 2.05. The van der Waals surface area contributed by atoms with Gasteiger partial charge < -0.3 is 14.8 Å². The van der Waals surface area contributed by atoms with Crippen LogP contribution in [-0.2, 0) is 22.7 Å². The van der Waals surface area contributed by atoms with Crippen molar-refractivity contribution in [3.63, 3.8) is 0 Å². The highest BCUT2D eigenvalue weighted by Gasteiger charge is 2.33. The molecular weight excluding hydrogens is 424 g/mol. The number of carbonyl (C=O) groups excluding carboxylic acids is 2. The number of hydrogen-bond acceptors (Lipinski definition) is 3. The van der Waals surface area contributed by atoms with Crippen LogP contribution in [0, 0.1) is 5.92 Å². The number of benzene rings is 1. The minimum absolute atomic E-state index is 0.0209. The second-order valence-corrected chi connectivity index (χ2v) is 10.2. The van der Waals surface area contributed by atoms with Gasteiger partial charge in [-0.3, -0.25) is 9.59 Å². The lowest BCUT2D eigenvalue weighted by molar-refractivity contribution is -0.138. The summed E-state index contributed by atoms with van der Waals surface area (Å²) >= 11 is 0. The molecule has 2 aromatic rings. The van der Waals surface area contributed by atoms with Crippen LogP contribution in [0.2, 0.25) is 0 Å². The third kappa shape index (κ3) is 5.64. The highest BCUT2D eigenvalue weighted by atomic mass is 16.2. The van der Waals surface area contributed by atoms with Crippen LogP contribution in [0.3, 0.4) is 0 Å². The molecule has 6 nitrogen and oxygen atoms in total. The van der Waals surface area contributed by atoms with E-state index >= 15 is 0 Å². The molecule has 4 rings (SSSR count). The predicted octanol–water partition coefficient (Wildman–Crippen LogP) is 5.58. The molecule has 6 heteroatoms. The summed E-state index contributed by atoms with van der Waals surface area (Å²) in [5.74, 6) is 1.07. The number of hydrogen-bond donors (Lipinski definition) is 1. The Morgan fingerprint density at radius 3 is 2.15 bits per heavy atom. The lowest BCUT2D eigenvalue weighted by atomic mass is 9.88. The topological polar surface area (TPSA) is 67.2 Å². The van der Waals surface area contributed by atoms with E-state index in [2.05, 4.69) is 10.2 Å². The van der Waals surface area contributed by atoms with Crippen LogP contribution in [0.5, 0.6) is 0 Å². The minimum atomic E-state index is 0.0209. The SMILES string of the molecule is CCC(CC)C(=O)NCc1nc2ccccc2n1CC(=O)N(C1CCCCC1)C1CCCCC1. The Kier molecular flexibility index (Phi) is 8.63. The first kappa shape index (κ1) is 24.7. The molecule has 0 spiro atoms. The molecule has 0 atom stereocenters. The fraction of sp³-hybridized carbons (Fsp3) is 0.679. The minimum Gasteiger partial charge on any atom is -0.349 e. The third-order valence-corrected chi connectivity index (χ3v) is 8.03. The lowest BCUT2D eigenvalue weighted by Crippen LogP contribution is -2.50. The summed E-state index contributed by atoms with van der Waals surface area (Å²) in [5.41, 5.74) is 1.85. The molecule has 2 amide bonds. The zero-order valence-electron chi connectivity index (χ0n) is 21.1. The van der Waals surface area contributed by atoms with Crippen molar-refractivity contribution in [2.45, 2.75) is 116 Å². The zero-order valence-corrected chi connectivity index (χ0v) is 21.1. The maximum absolute atomic E-state index is 13.9. The Morgan fingerprint density at radius 1 is 0.971 bits per heavy atom. The first-order valence-corrected chi connectivity index (χ1v) is 13.6. The van der Waals surface area contributed by atoms with Crippen LogP contribution in [-0.4, -0.2) is 38.3 Å². The van der Waals surface area contributed by atoms with Gasteiger partial charge in [0.2, 0.25) is 11.8 Å². The smallest absolute Gasteiger partial charge is 0.243 e. The monoisotopic (exact) mass is 466 g/mol. The second-order valence-electron chi connectivity index (χ2n) is 10.2. The van der Waals surface area contributed by atoms with E-state index in [1.807, 2.05) is 42.7 Å². The average molecular weight is 467 g/mol. The normalized spacial score (nSPS) is 17.9. The number of nitrogens with one attached hydrogen (secondary N) is 1. The van der Waals surface area contributed by atoms with Gasteiger partial charge in [0.1, 0.15) is 12.4 Å². The Labute approximate surface area is 204 Å². The van der Waals surface area contributed by atoms with Gasteiger partial charge in [-0.05, 0) is 50.7 Å². The predicted molar refractivity (Wildman–Crippen MR) is 136 cm³/mol. The molecule has 1 aromatic heterocycles. The van der Waals surface area contributed by atoms with Crippen LogP contribution in [0.15, 0.2) is 24.3 Å². The molecule has 186 valence electrons. The molecule has 1 N–H and O–H groups in total.